The molecule has 0 aromatic rings. The quantitative estimate of drug-likeness (QED) is 0.689. The lowest BCUT2D eigenvalue weighted by Gasteiger charge is -2.32. The van der Waals surface area contributed by atoms with E-state index in [-0.39, 0.29) is 18.0 Å². The number of hydrogen-bond donors (Lipinski definition) is 1. The van der Waals surface area contributed by atoms with Crippen molar-refractivity contribution in [3.8, 4) is 0 Å². The summed E-state index contributed by atoms with van der Waals surface area (Å²) in [7, 11) is 0. The molecule has 0 radical (unpaired) electrons. The summed E-state index contributed by atoms with van der Waals surface area (Å²) in [5.74, 6) is 0.0278. The number of carbonyl (C=O) groups excluding carboxylic acids is 1. The molecule has 0 saturated heterocycles. The summed E-state index contributed by atoms with van der Waals surface area (Å²) in [6.07, 6.45) is 0. The average Bonchev–Trinajstić information content (AvgIpc) is 1.85. The second-order valence-corrected chi connectivity index (χ2v) is 3.72. The lowest BCUT2D eigenvalue weighted by molar-refractivity contribution is -0.135. The maximum absolute atomic E-state index is 11.5. The van der Waals surface area contributed by atoms with Crippen molar-refractivity contribution in [3.05, 3.63) is 0 Å². The summed E-state index contributed by atoms with van der Waals surface area (Å²) >= 11 is 0. The molecule has 0 spiro atoms. The molecule has 0 aliphatic heterocycles. The van der Waals surface area contributed by atoms with E-state index in [4.69, 9.17) is 5.73 Å². The Hall–Kier alpha value is -0.570. The molecule has 0 bridgehead atoms. The monoisotopic (exact) mass is 172 g/mol. The Morgan fingerprint density at radius 2 is 1.42 bits per heavy atom. The van der Waals surface area contributed by atoms with Crippen molar-refractivity contribution in [2.45, 2.75) is 52.7 Å². The third-order valence-electron chi connectivity index (χ3n) is 1.76. The summed E-state index contributed by atoms with van der Waals surface area (Å²) in [5.41, 5.74) is 5.52. The summed E-state index contributed by atoms with van der Waals surface area (Å²) in [5, 5.41) is 0. The van der Waals surface area contributed by atoms with Crippen LogP contribution < -0.4 is 5.73 Å². The van der Waals surface area contributed by atoms with Gasteiger partial charge in [0.15, 0.2) is 0 Å². The second kappa shape index (κ2) is 4.45. The minimum absolute atomic E-state index is 0.0278. The molecule has 0 aliphatic carbocycles. The highest BCUT2D eigenvalue weighted by atomic mass is 16.2. The highest BCUT2D eigenvalue weighted by Gasteiger charge is 2.22. The summed E-state index contributed by atoms with van der Waals surface area (Å²) in [4.78, 5) is 13.3. The molecule has 0 aromatic heterocycles. The van der Waals surface area contributed by atoms with Crippen molar-refractivity contribution >= 4 is 5.91 Å². The SMILES string of the molecule is CC(N)C(=O)N(C(C)C)C(C)C. The zero-order valence-electron chi connectivity index (χ0n) is 8.66. The molecule has 0 fully saturated rings. The Kier molecular flexibility index (Phi) is 4.24. The maximum Gasteiger partial charge on any atom is 0.239 e. The van der Waals surface area contributed by atoms with Gasteiger partial charge >= 0.3 is 0 Å². The number of nitrogens with zero attached hydrogens (tertiary/aromatic N) is 1. The highest BCUT2D eigenvalue weighted by molar-refractivity contribution is 5.81. The minimum Gasteiger partial charge on any atom is -0.337 e. The molecule has 2 N–H and O–H groups in total. The van der Waals surface area contributed by atoms with Crippen molar-refractivity contribution in [2.75, 3.05) is 0 Å². The number of carbonyl (C=O) groups is 1. The Labute approximate surface area is 74.9 Å². The summed E-state index contributed by atoms with van der Waals surface area (Å²) in [6, 6.07) is 0.0572. The van der Waals surface area contributed by atoms with Gasteiger partial charge in [-0.1, -0.05) is 0 Å². The van der Waals surface area contributed by atoms with Gasteiger partial charge in [0.05, 0.1) is 6.04 Å². The van der Waals surface area contributed by atoms with E-state index in [1.165, 1.54) is 0 Å². The molecule has 1 atom stereocenters. The Morgan fingerprint density at radius 1 is 1.08 bits per heavy atom. The van der Waals surface area contributed by atoms with Crippen LogP contribution in [-0.4, -0.2) is 28.9 Å². The first-order valence-corrected chi connectivity index (χ1v) is 4.45. The Balaban J connectivity index is 4.41. The topological polar surface area (TPSA) is 46.3 Å². The van der Waals surface area contributed by atoms with E-state index in [9.17, 15) is 4.79 Å². The Bertz CT molecular complexity index is 145. The molecule has 3 heteroatoms. The van der Waals surface area contributed by atoms with Crippen LogP contribution in [0, 0.1) is 0 Å². The average molecular weight is 172 g/mol. The summed E-state index contributed by atoms with van der Waals surface area (Å²) < 4.78 is 0. The van der Waals surface area contributed by atoms with E-state index in [2.05, 4.69) is 0 Å². The van der Waals surface area contributed by atoms with Gasteiger partial charge in [0, 0.05) is 12.1 Å². The largest absolute Gasteiger partial charge is 0.337 e. The molecule has 0 aromatic carbocycles. The van der Waals surface area contributed by atoms with E-state index in [1.807, 2.05) is 32.6 Å². The first-order chi connectivity index (χ1) is 5.37. The van der Waals surface area contributed by atoms with Gasteiger partial charge in [0.1, 0.15) is 0 Å². The smallest absolute Gasteiger partial charge is 0.239 e. The van der Waals surface area contributed by atoms with Crippen LogP contribution in [0.5, 0.6) is 0 Å². The summed E-state index contributed by atoms with van der Waals surface area (Å²) in [6.45, 7) is 9.72. The van der Waals surface area contributed by atoms with Crippen molar-refractivity contribution < 1.29 is 4.79 Å². The van der Waals surface area contributed by atoms with Gasteiger partial charge in [0.25, 0.3) is 0 Å². The third-order valence-corrected chi connectivity index (χ3v) is 1.76. The molecule has 0 heterocycles. The highest BCUT2D eigenvalue weighted by Crippen LogP contribution is 2.06. The fourth-order valence-electron chi connectivity index (χ4n) is 1.34. The second-order valence-electron chi connectivity index (χ2n) is 3.72. The molecule has 1 unspecified atom stereocenters. The van der Waals surface area contributed by atoms with Gasteiger partial charge in [0.2, 0.25) is 5.91 Å². The van der Waals surface area contributed by atoms with Crippen molar-refractivity contribution in [1.82, 2.24) is 4.90 Å². The van der Waals surface area contributed by atoms with Crippen LogP contribution >= 0.6 is 0 Å². The predicted molar refractivity (Wildman–Crippen MR) is 50.8 cm³/mol. The third kappa shape index (κ3) is 2.81. The van der Waals surface area contributed by atoms with Crippen molar-refractivity contribution in [1.29, 1.82) is 0 Å². The number of amides is 1. The lowest BCUT2D eigenvalue weighted by atomic mass is 10.2. The van der Waals surface area contributed by atoms with Crippen molar-refractivity contribution in [2.24, 2.45) is 5.73 Å². The maximum atomic E-state index is 11.5. The first kappa shape index (κ1) is 11.4. The molecule has 0 aliphatic rings. The minimum atomic E-state index is -0.394. The van der Waals surface area contributed by atoms with E-state index in [0.29, 0.717) is 0 Å². The fraction of sp³-hybridized carbons (Fsp3) is 0.889. The number of nitrogens with two attached hydrogens (primary N) is 1. The van der Waals surface area contributed by atoms with Gasteiger partial charge in [-0.25, -0.2) is 0 Å². The van der Waals surface area contributed by atoms with Crippen LogP contribution in [0.25, 0.3) is 0 Å². The molecular formula is C9H20N2O. The van der Waals surface area contributed by atoms with Crippen LogP contribution in [0.3, 0.4) is 0 Å². The van der Waals surface area contributed by atoms with Gasteiger partial charge in [-0.2, -0.15) is 0 Å². The van der Waals surface area contributed by atoms with E-state index >= 15 is 0 Å². The van der Waals surface area contributed by atoms with Gasteiger partial charge < -0.3 is 10.6 Å². The lowest BCUT2D eigenvalue weighted by Crippen LogP contribution is -2.48. The molecule has 0 rings (SSSR count). The van der Waals surface area contributed by atoms with Crippen LogP contribution in [0.15, 0.2) is 0 Å². The number of rotatable bonds is 3. The van der Waals surface area contributed by atoms with Crippen molar-refractivity contribution in [3.63, 3.8) is 0 Å². The van der Waals surface area contributed by atoms with Crippen LogP contribution in [0.1, 0.15) is 34.6 Å². The zero-order valence-corrected chi connectivity index (χ0v) is 8.66. The molecule has 0 saturated carbocycles. The fourth-order valence-corrected chi connectivity index (χ4v) is 1.34. The van der Waals surface area contributed by atoms with Gasteiger partial charge in [-0.3, -0.25) is 4.79 Å². The standard InChI is InChI=1S/C9H20N2O/c1-6(2)11(7(3)4)9(12)8(5)10/h6-8H,10H2,1-5H3. The van der Waals surface area contributed by atoms with E-state index in [1.54, 1.807) is 6.92 Å². The van der Waals surface area contributed by atoms with E-state index < -0.39 is 6.04 Å². The first-order valence-electron chi connectivity index (χ1n) is 4.45. The van der Waals surface area contributed by atoms with Gasteiger partial charge in [-0.15, -0.1) is 0 Å². The zero-order chi connectivity index (χ0) is 9.89. The number of hydrogen-bond acceptors (Lipinski definition) is 2. The molecular weight excluding hydrogens is 152 g/mol. The molecule has 72 valence electrons. The normalized spacial score (nSPS) is 13.7. The van der Waals surface area contributed by atoms with Crippen LogP contribution in [0.4, 0.5) is 0 Å². The van der Waals surface area contributed by atoms with E-state index in [0.717, 1.165) is 0 Å². The molecule has 3 nitrogen and oxygen atoms in total. The van der Waals surface area contributed by atoms with Crippen LogP contribution in [0.2, 0.25) is 0 Å². The van der Waals surface area contributed by atoms with Gasteiger partial charge in [-0.05, 0) is 34.6 Å². The predicted octanol–water partition coefficient (Wildman–Crippen LogP) is 0.979. The molecule has 12 heavy (non-hydrogen) atoms. The van der Waals surface area contributed by atoms with Crippen LogP contribution in [-0.2, 0) is 4.79 Å². The Morgan fingerprint density at radius 3 is 1.50 bits per heavy atom. The molecule has 1 amide bonds.